The number of rotatable bonds is 4. The third-order valence-electron chi connectivity index (χ3n) is 9.90. The Morgan fingerprint density at radius 3 is 2.39 bits per heavy atom. The quantitative estimate of drug-likeness (QED) is 0.249. The highest BCUT2D eigenvalue weighted by Crippen LogP contribution is 2.67. The van der Waals surface area contributed by atoms with Crippen LogP contribution in [0.2, 0.25) is 0 Å². The predicted molar refractivity (Wildman–Crippen MR) is 131 cm³/mol. The Morgan fingerprint density at radius 2 is 1.79 bits per heavy atom. The maximum absolute atomic E-state index is 14.1. The van der Waals surface area contributed by atoms with E-state index in [0.29, 0.717) is 12.8 Å². The van der Waals surface area contributed by atoms with Gasteiger partial charge in [-0.15, -0.1) is 0 Å². The first kappa shape index (κ1) is 26.4. The van der Waals surface area contributed by atoms with E-state index in [1.54, 1.807) is 45.4 Å². The number of ketones is 2. The number of carbonyl (C=O) groups excluding carboxylic acids is 5. The van der Waals surface area contributed by atoms with Gasteiger partial charge in [-0.2, -0.15) is 0 Å². The number of fused-ring (bicyclic) bond motifs is 6. The van der Waals surface area contributed by atoms with Crippen molar-refractivity contribution in [1.29, 1.82) is 0 Å². The van der Waals surface area contributed by atoms with E-state index in [-0.39, 0.29) is 35.8 Å². The molecule has 2 saturated carbocycles. The number of hydrogen-bond acceptors (Lipinski definition) is 9. The van der Waals surface area contributed by atoms with Gasteiger partial charge in [0.25, 0.3) is 0 Å². The second-order valence-corrected chi connectivity index (χ2v) is 12.2. The molecular weight excluding hydrogens is 492 g/mol. The number of allylic oxidation sites excluding steroid dienone is 2. The van der Waals surface area contributed by atoms with Gasteiger partial charge in [0, 0.05) is 34.7 Å². The van der Waals surface area contributed by atoms with E-state index >= 15 is 0 Å². The van der Waals surface area contributed by atoms with Crippen LogP contribution >= 0.6 is 0 Å². The molecule has 0 spiro atoms. The molecule has 1 aromatic rings. The van der Waals surface area contributed by atoms with Gasteiger partial charge >= 0.3 is 17.9 Å². The SMILES string of the molecule is COC(=O)[C@H](OC(C)=O)[C@H]1C(C)(C)C(=O)[C@@H]2C=C3[C@@H]4CC(=O)O[C@@H](c5ccoc5)[C@]4(C)CC[C@@H]3[C@@]1(C)C2=O. The fourth-order valence-electron chi connectivity index (χ4n) is 8.20. The number of esters is 3. The van der Waals surface area contributed by atoms with Gasteiger partial charge in [0.15, 0.2) is 11.6 Å². The molecule has 2 bridgehead atoms. The molecule has 9 heteroatoms. The summed E-state index contributed by atoms with van der Waals surface area (Å²) in [5.74, 6) is -5.11. The number of furan rings is 1. The lowest BCUT2D eigenvalue weighted by molar-refractivity contribution is -0.196. The van der Waals surface area contributed by atoms with Crippen molar-refractivity contribution in [3.63, 3.8) is 0 Å². The summed E-state index contributed by atoms with van der Waals surface area (Å²) >= 11 is 0. The number of ether oxygens (including phenoxy) is 3. The van der Waals surface area contributed by atoms with Crippen LogP contribution in [0.5, 0.6) is 0 Å². The Balaban J connectivity index is 1.67. The van der Waals surface area contributed by atoms with Gasteiger partial charge in [-0.05, 0) is 30.7 Å². The molecule has 0 unspecified atom stereocenters. The van der Waals surface area contributed by atoms with Crippen molar-refractivity contribution in [2.75, 3.05) is 7.11 Å². The monoisotopic (exact) mass is 526 g/mol. The van der Waals surface area contributed by atoms with Gasteiger partial charge in [-0.1, -0.05) is 39.3 Å². The van der Waals surface area contributed by atoms with Crippen molar-refractivity contribution < 1.29 is 42.6 Å². The fourth-order valence-corrected chi connectivity index (χ4v) is 8.20. The molecule has 0 radical (unpaired) electrons. The van der Waals surface area contributed by atoms with Gasteiger partial charge < -0.3 is 18.6 Å². The van der Waals surface area contributed by atoms with Crippen molar-refractivity contribution in [3.05, 3.63) is 35.8 Å². The van der Waals surface area contributed by atoms with E-state index in [2.05, 4.69) is 6.92 Å². The van der Waals surface area contributed by atoms with Gasteiger partial charge in [0.05, 0.1) is 32.0 Å². The standard InChI is InChI=1S/C29H34O9/c1-14(30)37-21(26(34)35-6)22-27(2,3)23(32)17-11-16-18(29(22,5)24(17)33)7-9-28(4)19(16)12-20(31)38-25(28)15-8-10-36-13-15/h8,10-11,13,17-19,21-22,25H,7,9,12H2,1-6H3/t17-,18-,19-,21+,22-,25-,28+,29+/m0/s1. The molecule has 38 heavy (non-hydrogen) atoms. The number of methoxy groups -OCH3 is 1. The Morgan fingerprint density at radius 1 is 1.08 bits per heavy atom. The molecule has 8 atom stereocenters. The lowest BCUT2D eigenvalue weighted by atomic mass is 9.40. The minimum Gasteiger partial charge on any atom is -0.472 e. The van der Waals surface area contributed by atoms with Crippen molar-refractivity contribution in [1.82, 2.24) is 0 Å². The molecule has 5 rings (SSSR count). The Hall–Kier alpha value is -3.23. The number of Topliss-reactive ketones (excluding diaryl/α,β-unsaturated/α-hetero) is 2. The lowest BCUT2D eigenvalue weighted by Crippen LogP contribution is -2.68. The minimum atomic E-state index is -1.44. The van der Waals surface area contributed by atoms with Crippen LogP contribution < -0.4 is 0 Å². The van der Waals surface area contributed by atoms with Crippen molar-refractivity contribution >= 4 is 29.5 Å². The first-order chi connectivity index (χ1) is 17.8. The van der Waals surface area contributed by atoms with E-state index < -0.39 is 52.2 Å². The van der Waals surface area contributed by atoms with Crippen LogP contribution in [0.1, 0.15) is 65.5 Å². The molecule has 1 saturated heterocycles. The smallest absolute Gasteiger partial charge is 0.347 e. The van der Waals surface area contributed by atoms with E-state index in [1.165, 1.54) is 14.0 Å². The zero-order chi connectivity index (χ0) is 27.8. The summed E-state index contributed by atoms with van der Waals surface area (Å²) in [6.45, 7) is 8.45. The minimum absolute atomic E-state index is 0.122. The lowest BCUT2D eigenvalue weighted by Gasteiger charge is -2.62. The summed E-state index contributed by atoms with van der Waals surface area (Å²) in [6, 6.07) is 1.79. The average molecular weight is 527 g/mol. The Bertz CT molecular complexity index is 1240. The molecular formula is C29H34O9. The van der Waals surface area contributed by atoms with Crippen molar-refractivity contribution in [2.45, 2.75) is 66.1 Å². The summed E-state index contributed by atoms with van der Waals surface area (Å²) in [6.07, 6.45) is 4.24. The van der Waals surface area contributed by atoms with Crippen LogP contribution in [0.3, 0.4) is 0 Å². The molecule has 0 amide bonds. The van der Waals surface area contributed by atoms with Crippen LogP contribution in [0.25, 0.3) is 0 Å². The second kappa shape index (κ2) is 8.64. The molecule has 204 valence electrons. The highest BCUT2D eigenvalue weighted by Gasteiger charge is 2.70. The molecule has 1 aromatic heterocycles. The average Bonchev–Trinajstić information content (AvgIpc) is 3.38. The maximum atomic E-state index is 14.1. The molecule has 9 nitrogen and oxygen atoms in total. The fraction of sp³-hybridized carbons (Fsp3) is 0.621. The van der Waals surface area contributed by atoms with Crippen molar-refractivity contribution in [2.24, 2.45) is 39.9 Å². The van der Waals surface area contributed by atoms with E-state index in [1.807, 2.05) is 0 Å². The summed E-state index contributed by atoms with van der Waals surface area (Å²) in [4.78, 5) is 66.0. The molecule has 4 aliphatic rings. The summed E-state index contributed by atoms with van der Waals surface area (Å²) in [5.41, 5.74) is -1.24. The highest BCUT2D eigenvalue weighted by atomic mass is 16.6. The van der Waals surface area contributed by atoms with Gasteiger partial charge in [-0.3, -0.25) is 19.2 Å². The number of cyclic esters (lactones) is 1. The third-order valence-corrected chi connectivity index (χ3v) is 9.90. The van der Waals surface area contributed by atoms with Gasteiger partial charge in [0.1, 0.15) is 6.10 Å². The first-order valence-corrected chi connectivity index (χ1v) is 13.0. The topological polar surface area (TPSA) is 126 Å². The highest BCUT2D eigenvalue weighted by molar-refractivity contribution is 6.13. The summed E-state index contributed by atoms with van der Waals surface area (Å²) < 4.78 is 21.6. The van der Waals surface area contributed by atoms with Crippen LogP contribution in [0.15, 0.2) is 34.7 Å². The second-order valence-electron chi connectivity index (χ2n) is 12.2. The summed E-state index contributed by atoms with van der Waals surface area (Å²) in [5, 5.41) is 0. The number of carbonyl (C=O) groups is 5. The largest absolute Gasteiger partial charge is 0.472 e. The zero-order valence-electron chi connectivity index (χ0n) is 22.6. The van der Waals surface area contributed by atoms with E-state index in [9.17, 15) is 24.0 Å². The molecule has 1 aliphatic heterocycles. The molecule has 0 aromatic carbocycles. The van der Waals surface area contributed by atoms with Crippen LogP contribution in [-0.2, 0) is 38.2 Å². The third kappa shape index (κ3) is 3.46. The van der Waals surface area contributed by atoms with Gasteiger partial charge in [0.2, 0.25) is 6.10 Å². The zero-order valence-corrected chi connectivity index (χ0v) is 22.6. The van der Waals surface area contributed by atoms with E-state index in [4.69, 9.17) is 18.6 Å². The van der Waals surface area contributed by atoms with Crippen LogP contribution in [0, 0.1) is 39.9 Å². The first-order valence-electron chi connectivity index (χ1n) is 13.0. The Labute approximate surface area is 221 Å². The molecule has 0 N–H and O–H groups in total. The molecule has 3 aliphatic carbocycles. The maximum Gasteiger partial charge on any atom is 0.347 e. The molecule has 3 fully saturated rings. The number of hydrogen-bond donors (Lipinski definition) is 0. The summed E-state index contributed by atoms with van der Waals surface area (Å²) in [7, 11) is 1.19. The van der Waals surface area contributed by atoms with Crippen molar-refractivity contribution in [3.8, 4) is 0 Å². The molecule has 2 heterocycles. The predicted octanol–water partition coefficient (Wildman–Crippen LogP) is 3.76. The van der Waals surface area contributed by atoms with Crippen LogP contribution in [-0.4, -0.2) is 42.7 Å². The Kier molecular flexibility index (Phi) is 6.00. The van der Waals surface area contributed by atoms with Gasteiger partial charge in [-0.25, -0.2) is 4.79 Å². The van der Waals surface area contributed by atoms with E-state index in [0.717, 1.165) is 11.1 Å². The normalized spacial score (nSPS) is 38.2. The van der Waals surface area contributed by atoms with Crippen LogP contribution in [0.4, 0.5) is 0 Å².